The number of rotatable bonds is 5. The van der Waals surface area contributed by atoms with Gasteiger partial charge in [-0.05, 0) is 37.5 Å². The van der Waals surface area contributed by atoms with Crippen molar-refractivity contribution >= 4 is 23.1 Å². The van der Waals surface area contributed by atoms with Crippen LogP contribution in [0.4, 0.5) is 5.69 Å². The summed E-state index contributed by atoms with van der Waals surface area (Å²) in [4.78, 5) is 30.1. The van der Waals surface area contributed by atoms with E-state index in [0.717, 1.165) is 31.5 Å². The predicted molar refractivity (Wildman–Crippen MR) is 104 cm³/mol. The molecule has 2 heterocycles. The second-order valence-electron chi connectivity index (χ2n) is 6.63. The molecule has 0 unspecified atom stereocenters. The number of carbonyl (C=O) groups is 2. The van der Waals surface area contributed by atoms with Gasteiger partial charge in [0, 0.05) is 13.1 Å². The molecule has 0 atom stereocenters. The summed E-state index contributed by atoms with van der Waals surface area (Å²) in [5.74, 6) is -0.0232. The van der Waals surface area contributed by atoms with Crippen LogP contribution in [0.25, 0.3) is 5.57 Å². The number of hydrogen-bond donors (Lipinski definition) is 0. The van der Waals surface area contributed by atoms with Crippen LogP contribution in [0.15, 0.2) is 60.3 Å². The number of amides is 2. The van der Waals surface area contributed by atoms with Crippen molar-refractivity contribution in [1.82, 2.24) is 4.90 Å². The average molecular weight is 362 g/mol. The summed E-state index contributed by atoms with van der Waals surface area (Å²) < 4.78 is 5.67. The monoisotopic (exact) mass is 362 g/mol. The number of anilines is 1. The highest BCUT2D eigenvalue weighted by Gasteiger charge is 2.43. The van der Waals surface area contributed by atoms with E-state index in [9.17, 15) is 9.59 Å². The van der Waals surface area contributed by atoms with E-state index in [0.29, 0.717) is 29.3 Å². The van der Waals surface area contributed by atoms with Crippen LogP contribution in [-0.2, 0) is 9.59 Å². The number of imide groups is 1. The summed E-state index contributed by atoms with van der Waals surface area (Å²) in [6.45, 7) is 3.94. The Hall–Kier alpha value is -3.08. The van der Waals surface area contributed by atoms with E-state index in [1.54, 1.807) is 12.1 Å². The molecule has 2 aliphatic heterocycles. The number of carbonyl (C=O) groups excluding carboxylic acids is 2. The molecule has 0 saturated carbocycles. The van der Waals surface area contributed by atoms with Crippen molar-refractivity contribution in [1.29, 1.82) is 0 Å². The Morgan fingerprint density at radius 2 is 1.56 bits per heavy atom. The zero-order chi connectivity index (χ0) is 18.8. The molecule has 2 aromatic rings. The molecule has 0 bridgehead atoms. The number of benzene rings is 2. The molecule has 2 aromatic carbocycles. The minimum absolute atomic E-state index is 0.270. The fraction of sp³-hybridized carbons (Fsp3) is 0.273. The van der Waals surface area contributed by atoms with Crippen LogP contribution in [0.5, 0.6) is 5.75 Å². The third-order valence-corrected chi connectivity index (χ3v) is 4.95. The van der Waals surface area contributed by atoms with Crippen molar-refractivity contribution in [2.24, 2.45) is 0 Å². The molecule has 1 saturated heterocycles. The van der Waals surface area contributed by atoms with E-state index in [4.69, 9.17) is 4.74 Å². The molecule has 4 rings (SSSR count). The minimum Gasteiger partial charge on any atom is -0.492 e. The Labute approximate surface area is 158 Å². The third kappa shape index (κ3) is 2.99. The Balaban J connectivity index is 1.83. The van der Waals surface area contributed by atoms with Crippen LogP contribution in [0, 0.1) is 0 Å². The van der Waals surface area contributed by atoms with Gasteiger partial charge in [0.1, 0.15) is 11.4 Å². The average Bonchev–Trinajstić information content (AvgIpc) is 3.30. The van der Waals surface area contributed by atoms with Gasteiger partial charge in [-0.2, -0.15) is 0 Å². The SMILES string of the molecule is CCOc1ccccc1N1C(=O)C(c2ccccc2)=C(N2CCCC2)C1=O. The number of hydrogen-bond acceptors (Lipinski definition) is 4. The first-order valence-corrected chi connectivity index (χ1v) is 9.37. The van der Waals surface area contributed by atoms with E-state index in [-0.39, 0.29) is 11.8 Å². The summed E-state index contributed by atoms with van der Waals surface area (Å²) in [7, 11) is 0. The van der Waals surface area contributed by atoms with Crippen molar-refractivity contribution in [2.75, 3.05) is 24.6 Å². The lowest BCUT2D eigenvalue weighted by molar-refractivity contribution is -0.120. The van der Waals surface area contributed by atoms with Crippen LogP contribution in [0.1, 0.15) is 25.3 Å². The van der Waals surface area contributed by atoms with Gasteiger partial charge in [-0.25, -0.2) is 4.90 Å². The normalized spacial score (nSPS) is 17.2. The lowest BCUT2D eigenvalue weighted by atomic mass is 10.0. The second-order valence-corrected chi connectivity index (χ2v) is 6.63. The fourth-order valence-electron chi connectivity index (χ4n) is 3.76. The molecule has 2 amide bonds. The molecule has 1 fully saturated rings. The van der Waals surface area contributed by atoms with Gasteiger partial charge >= 0.3 is 0 Å². The summed E-state index contributed by atoms with van der Waals surface area (Å²) in [5, 5.41) is 0. The maximum atomic E-state index is 13.4. The topological polar surface area (TPSA) is 49.9 Å². The molecule has 0 N–H and O–H groups in total. The van der Waals surface area contributed by atoms with E-state index in [2.05, 4.69) is 0 Å². The molecular formula is C22H22N2O3. The molecule has 5 heteroatoms. The van der Waals surface area contributed by atoms with E-state index in [1.807, 2.05) is 54.3 Å². The zero-order valence-corrected chi connectivity index (χ0v) is 15.4. The van der Waals surface area contributed by atoms with Crippen LogP contribution < -0.4 is 9.64 Å². The molecule has 2 aliphatic rings. The Morgan fingerprint density at radius 3 is 2.26 bits per heavy atom. The first-order chi connectivity index (χ1) is 13.2. The molecule has 27 heavy (non-hydrogen) atoms. The lowest BCUT2D eigenvalue weighted by Crippen LogP contribution is -2.34. The molecule has 0 radical (unpaired) electrons. The molecule has 0 aromatic heterocycles. The summed E-state index contributed by atoms with van der Waals surface area (Å²) in [6.07, 6.45) is 2.06. The second kappa shape index (κ2) is 7.27. The van der Waals surface area contributed by atoms with Crippen molar-refractivity contribution in [2.45, 2.75) is 19.8 Å². The largest absolute Gasteiger partial charge is 0.492 e. The Morgan fingerprint density at radius 1 is 0.889 bits per heavy atom. The fourth-order valence-corrected chi connectivity index (χ4v) is 3.76. The van der Waals surface area contributed by atoms with Crippen LogP contribution in [0.3, 0.4) is 0 Å². The number of para-hydroxylation sites is 2. The molecule has 5 nitrogen and oxygen atoms in total. The standard InChI is InChI=1S/C22H22N2O3/c1-2-27-18-13-7-6-12-17(18)24-21(25)19(16-10-4-3-5-11-16)20(22(24)26)23-14-8-9-15-23/h3-7,10-13H,2,8-9,14-15H2,1H3. The first-order valence-electron chi connectivity index (χ1n) is 9.37. The predicted octanol–water partition coefficient (Wildman–Crippen LogP) is 3.47. The quantitative estimate of drug-likeness (QED) is 0.765. The van der Waals surface area contributed by atoms with Crippen LogP contribution >= 0.6 is 0 Å². The van der Waals surface area contributed by atoms with Gasteiger partial charge in [-0.3, -0.25) is 9.59 Å². The van der Waals surface area contributed by atoms with Crippen molar-refractivity contribution in [3.8, 4) is 5.75 Å². The summed E-state index contributed by atoms with van der Waals surface area (Å²) in [5.41, 5.74) is 2.26. The summed E-state index contributed by atoms with van der Waals surface area (Å²) >= 11 is 0. The third-order valence-electron chi connectivity index (χ3n) is 4.95. The highest BCUT2D eigenvalue weighted by molar-refractivity contribution is 6.45. The molecule has 138 valence electrons. The Bertz CT molecular complexity index is 899. The van der Waals surface area contributed by atoms with E-state index in [1.165, 1.54) is 4.90 Å². The molecular weight excluding hydrogens is 340 g/mol. The highest BCUT2D eigenvalue weighted by Crippen LogP contribution is 2.39. The van der Waals surface area contributed by atoms with Gasteiger partial charge in [0.15, 0.2) is 0 Å². The smallest absolute Gasteiger partial charge is 0.282 e. The zero-order valence-electron chi connectivity index (χ0n) is 15.4. The minimum atomic E-state index is -0.291. The molecule has 0 aliphatic carbocycles. The highest BCUT2D eigenvalue weighted by atomic mass is 16.5. The van der Waals surface area contributed by atoms with E-state index >= 15 is 0 Å². The van der Waals surface area contributed by atoms with Gasteiger partial charge in [0.2, 0.25) is 0 Å². The first kappa shape index (κ1) is 17.3. The van der Waals surface area contributed by atoms with Crippen molar-refractivity contribution < 1.29 is 14.3 Å². The van der Waals surface area contributed by atoms with Crippen LogP contribution in [-0.4, -0.2) is 36.4 Å². The van der Waals surface area contributed by atoms with E-state index < -0.39 is 0 Å². The van der Waals surface area contributed by atoms with Gasteiger partial charge in [-0.1, -0.05) is 42.5 Å². The number of ether oxygens (including phenoxy) is 1. The number of likely N-dealkylation sites (tertiary alicyclic amines) is 1. The maximum absolute atomic E-state index is 13.4. The van der Waals surface area contributed by atoms with Gasteiger partial charge < -0.3 is 9.64 Å². The lowest BCUT2D eigenvalue weighted by Gasteiger charge is -2.21. The summed E-state index contributed by atoms with van der Waals surface area (Å²) in [6, 6.07) is 16.6. The van der Waals surface area contributed by atoms with Crippen molar-refractivity contribution in [3.05, 3.63) is 65.9 Å². The van der Waals surface area contributed by atoms with Gasteiger partial charge in [-0.15, -0.1) is 0 Å². The Kier molecular flexibility index (Phi) is 4.67. The van der Waals surface area contributed by atoms with Gasteiger partial charge in [0.05, 0.1) is 17.9 Å². The number of nitrogens with zero attached hydrogens (tertiary/aromatic N) is 2. The van der Waals surface area contributed by atoms with Gasteiger partial charge in [0.25, 0.3) is 11.8 Å². The van der Waals surface area contributed by atoms with Crippen molar-refractivity contribution in [3.63, 3.8) is 0 Å². The van der Waals surface area contributed by atoms with Crippen LogP contribution in [0.2, 0.25) is 0 Å². The maximum Gasteiger partial charge on any atom is 0.282 e. The molecule has 0 spiro atoms.